The van der Waals surface area contributed by atoms with E-state index < -0.39 is 0 Å². The van der Waals surface area contributed by atoms with Crippen LogP contribution in [0.25, 0.3) is 0 Å². The number of aliphatic imine (C=N–C) groups is 1. The minimum atomic E-state index is 0.273. The van der Waals surface area contributed by atoms with Gasteiger partial charge in [0.25, 0.3) is 0 Å². The van der Waals surface area contributed by atoms with E-state index in [1.54, 1.807) is 0 Å². The van der Waals surface area contributed by atoms with E-state index in [1.807, 2.05) is 32.3 Å². The molecule has 0 unspecified atom stereocenters. The summed E-state index contributed by atoms with van der Waals surface area (Å²) in [6.07, 6.45) is 1.49. The van der Waals surface area contributed by atoms with E-state index in [4.69, 9.17) is 0 Å². The first-order chi connectivity index (χ1) is 7.22. The van der Waals surface area contributed by atoms with Gasteiger partial charge in [0.1, 0.15) is 6.67 Å². The Balaban J connectivity index is 2.61. The number of carbonyl (C=O) groups excluding carboxylic acids is 1. The van der Waals surface area contributed by atoms with Crippen LogP contribution in [-0.2, 0) is 11.3 Å². The average molecular weight is 205 g/mol. The minimum Gasteiger partial charge on any atom is -0.366 e. The number of hydrogen-bond acceptors (Lipinski definition) is 4. The van der Waals surface area contributed by atoms with E-state index in [9.17, 15) is 4.79 Å². The molecule has 0 amide bonds. The summed E-state index contributed by atoms with van der Waals surface area (Å²) in [5, 5.41) is 3.01. The van der Waals surface area contributed by atoms with Crippen molar-refractivity contribution in [2.24, 2.45) is 4.99 Å². The molecule has 0 saturated heterocycles. The van der Waals surface area contributed by atoms with Crippen LogP contribution in [0.15, 0.2) is 29.3 Å². The molecular formula is C11H15N3O. The first kappa shape index (κ1) is 11.4. The second-order valence-electron chi connectivity index (χ2n) is 3.52. The standard InChI is InChI=1S/C11H15N3O/c1-14(2)7-10-4-3-5-11(6-10)13-8-12-9-15/h3-6,13H,7-8H2,1-2H3. The smallest absolute Gasteiger partial charge is 0.236 e. The molecule has 0 saturated carbocycles. The Kier molecular flexibility index (Phi) is 4.54. The van der Waals surface area contributed by atoms with Gasteiger partial charge in [-0.2, -0.15) is 4.99 Å². The van der Waals surface area contributed by atoms with E-state index in [-0.39, 0.29) is 6.67 Å². The molecule has 0 bridgehead atoms. The van der Waals surface area contributed by atoms with Gasteiger partial charge in [0, 0.05) is 12.2 Å². The minimum absolute atomic E-state index is 0.273. The van der Waals surface area contributed by atoms with E-state index in [2.05, 4.69) is 21.3 Å². The van der Waals surface area contributed by atoms with Crippen LogP contribution < -0.4 is 5.32 Å². The summed E-state index contributed by atoms with van der Waals surface area (Å²) < 4.78 is 0. The van der Waals surface area contributed by atoms with Gasteiger partial charge in [0.05, 0.1) is 0 Å². The van der Waals surface area contributed by atoms with Crippen LogP contribution in [-0.4, -0.2) is 31.7 Å². The van der Waals surface area contributed by atoms with Gasteiger partial charge < -0.3 is 10.2 Å². The Hall–Kier alpha value is -1.64. The summed E-state index contributed by atoms with van der Waals surface area (Å²) in [7, 11) is 4.05. The highest BCUT2D eigenvalue weighted by molar-refractivity contribution is 5.46. The van der Waals surface area contributed by atoms with Gasteiger partial charge in [-0.1, -0.05) is 12.1 Å². The SMILES string of the molecule is CN(C)Cc1cccc(NCN=C=O)c1. The lowest BCUT2D eigenvalue weighted by Crippen LogP contribution is -2.10. The fourth-order valence-electron chi connectivity index (χ4n) is 1.31. The molecule has 1 aromatic rings. The van der Waals surface area contributed by atoms with Gasteiger partial charge in [-0.05, 0) is 31.8 Å². The molecule has 0 spiro atoms. The Labute approximate surface area is 89.6 Å². The maximum absolute atomic E-state index is 9.87. The molecule has 0 aromatic heterocycles. The van der Waals surface area contributed by atoms with Crippen molar-refractivity contribution in [3.8, 4) is 0 Å². The lowest BCUT2D eigenvalue weighted by molar-refractivity contribution is 0.402. The summed E-state index contributed by atoms with van der Waals surface area (Å²) in [4.78, 5) is 15.4. The van der Waals surface area contributed by atoms with Gasteiger partial charge >= 0.3 is 0 Å². The molecule has 0 fully saturated rings. The number of rotatable bonds is 5. The average Bonchev–Trinajstić information content (AvgIpc) is 2.18. The molecular weight excluding hydrogens is 190 g/mol. The van der Waals surface area contributed by atoms with Crippen LogP contribution in [0.5, 0.6) is 0 Å². The Bertz CT molecular complexity index is 357. The van der Waals surface area contributed by atoms with Crippen molar-refractivity contribution in [2.45, 2.75) is 6.54 Å². The predicted molar refractivity (Wildman–Crippen MR) is 60.4 cm³/mol. The molecule has 0 aliphatic rings. The van der Waals surface area contributed by atoms with Crippen LogP contribution in [0, 0.1) is 0 Å². The third-order valence-corrected chi connectivity index (χ3v) is 1.85. The lowest BCUT2D eigenvalue weighted by atomic mass is 10.2. The van der Waals surface area contributed by atoms with E-state index >= 15 is 0 Å². The van der Waals surface area contributed by atoms with Crippen molar-refractivity contribution in [3.05, 3.63) is 29.8 Å². The molecule has 80 valence electrons. The largest absolute Gasteiger partial charge is 0.366 e. The van der Waals surface area contributed by atoms with Gasteiger partial charge in [0.15, 0.2) is 0 Å². The molecule has 0 aliphatic carbocycles. The van der Waals surface area contributed by atoms with Crippen molar-refractivity contribution in [2.75, 3.05) is 26.1 Å². The third kappa shape index (κ3) is 4.40. The fourth-order valence-corrected chi connectivity index (χ4v) is 1.31. The van der Waals surface area contributed by atoms with Gasteiger partial charge in [-0.3, -0.25) is 0 Å². The molecule has 1 rings (SSSR count). The molecule has 4 heteroatoms. The number of benzene rings is 1. The van der Waals surface area contributed by atoms with Crippen molar-refractivity contribution >= 4 is 11.8 Å². The van der Waals surface area contributed by atoms with E-state index in [1.165, 1.54) is 11.6 Å². The van der Waals surface area contributed by atoms with E-state index in [0.717, 1.165) is 12.2 Å². The molecule has 0 heterocycles. The van der Waals surface area contributed by atoms with Crippen LogP contribution >= 0.6 is 0 Å². The Morgan fingerprint density at radius 1 is 1.47 bits per heavy atom. The first-order valence-corrected chi connectivity index (χ1v) is 4.73. The Morgan fingerprint density at radius 3 is 2.93 bits per heavy atom. The van der Waals surface area contributed by atoms with Crippen molar-refractivity contribution in [1.29, 1.82) is 0 Å². The quantitative estimate of drug-likeness (QED) is 0.584. The maximum Gasteiger partial charge on any atom is 0.236 e. The summed E-state index contributed by atoms with van der Waals surface area (Å²) in [6, 6.07) is 8.03. The number of nitrogens with one attached hydrogen (secondary N) is 1. The van der Waals surface area contributed by atoms with Crippen molar-refractivity contribution in [3.63, 3.8) is 0 Å². The fraction of sp³-hybridized carbons (Fsp3) is 0.364. The monoisotopic (exact) mass is 205 g/mol. The molecule has 0 radical (unpaired) electrons. The van der Waals surface area contributed by atoms with E-state index in [0.29, 0.717) is 0 Å². The Morgan fingerprint density at radius 2 is 2.27 bits per heavy atom. The summed E-state index contributed by atoms with van der Waals surface area (Å²) in [6.45, 7) is 1.17. The summed E-state index contributed by atoms with van der Waals surface area (Å²) in [5.74, 6) is 0. The second-order valence-corrected chi connectivity index (χ2v) is 3.52. The zero-order valence-electron chi connectivity index (χ0n) is 9.03. The number of hydrogen-bond donors (Lipinski definition) is 1. The normalized spacial score (nSPS) is 9.80. The molecule has 0 atom stereocenters. The van der Waals surface area contributed by atoms with Crippen LogP contribution in [0.2, 0.25) is 0 Å². The summed E-state index contributed by atoms with van der Waals surface area (Å²) in [5.41, 5.74) is 2.19. The molecule has 1 aromatic carbocycles. The highest BCUT2D eigenvalue weighted by atomic mass is 16.1. The van der Waals surface area contributed by atoms with Crippen LogP contribution in [0.1, 0.15) is 5.56 Å². The van der Waals surface area contributed by atoms with Gasteiger partial charge in [-0.15, -0.1) is 0 Å². The number of nitrogens with zero attached hydrogens (tertiary/aromatic N) is 2. The van der Waals surface area contributed by atoms with Gasteiger partial charge in [0.2, 0.25) is 6.08 Å². The molecule has 1 N–H and O–H groups in total. The summed E-state index contributed by atoms with van der Waals surface area (Å²) >= 11 is 0. The predicted octanol–water partition coefficient (Wildman–Crippen LogP) is 1.45. The highest BCUT2D eigenvalue weighted by Crippen LogP contribution is 2.11. The highest BCUT2D eigenvalue weighted by Gasteiger charge is 1.96. The third-order valence-electron chi connectivity index (χ3n) is 1.85. The lowest BCUT2D eigenvalue weighted by Gasteiger charge is -2.10. The molecule has 15 heavy (non-hydrogen) atoms. The zero-order valence-corrected chi connectivity index (χ0v) is 9.03. The maximum atomic E-state index is 9.87. The van der Waals surface area contributed by atoms with Gasteiger partial charge in [-0.25, -0.2) is 4.79 Å². The number of anilines is 1. The second kappa shape index (κ2) is 5.96. The molecule has 0 aliphatic heterocycles. The van der Waals surface area contributed by atoms with Crippen molar-refractivity contribution in [1.82, 2.24) is 4.90 Å². The van der Waals surface area contributed by atoms with Crippen LogP contribution in [0.3, 0.4) is 0 Å². The first-order valence-electron chi connectivity index (χ1n) is 4.73. The zero-order chi connectivity index (χ0) is 11.1. The number of isocyanates is 1. The van der Waals surface area contributed by atoms with Crippen molar-refractivity contribution < 1.29 is 4.79 Å². The van der Waals surface area contributed by atoms with Crippen LogP contribution in [0.4, 0.5) is 5.69 Å². The topological polar surface area (TPSA) is 44.7 Å². The molecule has 4 nitrogen and oxygen atoms in total.